The van der Waals surface area contributed by atoms with Crippen LogP contribution in [0.15, 0.2) is 29.4 Å². The van der Waals surface area contributed by atoms with E-state index in [0.29, 0.717) is 16.6 Å². The lowest BCUT2D eigenvalue weighted by Crippen LogP contribution is -2.39. The topological polar surface area (TPSA) is 44.7 Å². The van der Waals surface area contributed by atoms with Gasteiger partial charge in [-0.15, -0.1) is 0 Å². The van der Waals surface area contributed by atoms with Crippen LogP contribution in [0.25, 0.3) is 0 Å². The molecule has 4 nitrogen and oxygen atoms in total. The lowest BCUT2D eigenvalue weighted by molar-refractivity contribution is 0.0954. The smallest absolute Gasteiger partial charge is 0.271 e. The summed E-state index contributed by atoms with van der Waals surface area (Å²) in [6, 6.07) is 7.43. The molecule has 0 atom stereocenters. The fourth-order valence-corrected chi connectivity index (χ4v) is 2.42. The van der Waals surface area contributed by atoms with Crippen LogP contribution in [-0.2, 0) is 0 Å². The zero-order valence-electron chi connectivity index (χ0n) is 11.9. The minimum atomic E-state index is -0.216. The van der Waals surface area contributed by atoms with Crippen LogP contribution in [0.5, 0.6) is 0 Å². The van der Waals surface area contributed by atoms with Gasteiger partial charge in [0.1, 0.15) is 0 Å². The highest BCUT2D eigenvalue weighted by atomic mass is 35.5. The van der Waals surface area contributed by atoms with Crippen molar-refractivity contribution in [1.29, 1.82) is 0 Å². The number of halogens is 1. The first kappa shape index (κ1) is 15.0. The number of nitrogens with one attached hydrogen (secondary N) is 1. The summed E-state index contributed by atoms with van der Waals surface area (Å²) in [5.41, 5.74) is 4.19. The Morgan fingerprint density at radius 3 is 2.65 bits per heavy atom. The van der Waals surface area contributed by atoms with Gasteiger partial charge in [0.15, 0.2) is 0 Å². The maximum atomic E-state index is 11.9. The molecule has 0 radical (unpaired) electrons. The first-order chi connectivity index (χ1) is 9.56. The van der Waals surface area contributed by atoms with E-state index in [0.717, 1.165) is 31.6 Å². The maximum Gasteiger partial charge on any atom is 0.271 e. The summed E-state index contributed by atoms with van der Waals surface area (Å²) >= 11 is 5.86. The number of piperidine rings is 1. The fraction of sp³-hybridized carbons (Fsp3) is 0.467. The first-order valence-electron chi connectivity index (χ1n) is 6.91. The Labute approximate surface area is 124 Å². The number of hydrogen-bond acceptors (Lipinski definition) is 3. The number of carbonyl (C=O) groups is 1. The van der Waals surface area contributed by atoms with Gasteiger partial charge < -0.3 is 4.90 Å². The second-order valence-electron chi connectivity index (χ2n) is 5.26. The molecule has 1 amide bonds. The average Bonchev–Trinajstić information content (AvgIpc) is 2.45. The van der Waals surface area contributed by atoms with Gasteiger partial charge in [0.2, 0.25) is 0 Å². The number of rotatable bonds is 3. The molecule has 0 bridgehead atoms. The minimum absolute atomic E-state index is 0.216. The van der Waals surface area contributed by atoms with Gasteiger partial charge in [0.25, 0.3) is 5.91 Å². The molecule has 0 spiro atoms. The van der Waals surface area contributed by atoms with Crippen LogP contribution in [0.2, 0.25) is 5.02 Å². The van der Waals surface area contributed by atoms with Crippen LogP contribution in [0, 0.1) is 0 Å². The van der Waals surface area contributed by atoms with E-state index in [1.165, 1.54) is 0 Å². The number of hydrazone groups is 1. The largest absolute Gasteiger partial charge is 0.300 e. The van der Waals surface area contributed by atoms with Gasteiger partial charge in [-0.3, -0.25) is 4.79 Å². The maximum absolute atomic E-state index is 11.9. The molecule has 1 aromatic rings. The Kier molecular flexibility index (Phi) is 5.15. The van der Waals surface area contributed by atoms with E-state index in [-0.39, 0.29) is 5.91 Å². The van der Waals surface area contributed by atoms with Crippen molar-refractivity contribution in [1.82, 2.24) is 10.3 Å². The van der Waals surface area contributed by atoms with Gasteiger partial charge in [-0.05, 0) is 32.0 Å². The van der Waals surface area contributed by atoms with E-state index in [9.17, 15) is 4.79 Å². The summed E-state index contributed by atoms with van der Waals surface area (Å²) in [4.78, 5) is 14.3. The highest BCUT2D eigenvalue weighted by molar-refractivity contribution is 6.30. The Morgan fingerprint density at radius 2 is 2.05 bits per heavy atom. The number of carbonyl (C=O) groups excluding carboxylic acids is 1. The van der Waals surface area contributed by atoms with Crippen molar-refractivity contribution in [3.8, 4) is 0 Å². The predicted octanol–water partition coefficient (Wildman–Crippen LogP) is 2.93. The molecular formula is C15H20ClN3O. The summed E-state index contributed by atoms with van der Waals surface area (Å²) in [5, 5.41) is 4.78. The predicted molar refractivity (Wildman–Crippen MR) is 82.3 cm³/mol. The van der Waals surface area contributed by atoms with E-state index in [2.05, 4.69) is 29.3 Å². The molecule has 5 heteroatoms. The molecule has 0 saturated carbocycles. The molecule has 1 saturated heterocycles. The third-order valence-electron chi connectivity index (χ3n) is 3.51. The van der Waals surface area contributed by atoms with E-state index in [1.807, 2.05) is 0 Å². The highest BCUT2D eigenvalue weighted by Crippen LogP contribution is 2.12. The summed E-state index contributed by atoms with van der Waals surface area (Å²) in [7, 11) is 0. The van der Waals surface area contributed by atoms with Crippen LogP contribution in [-0.4, -0.2) is 35.7 Å². The van der Waals surface area contributed by atoms with Gasteiger partial charge in [-0.2, -0.15) is 5.10 Å². The number of likely N-dealkylation sites (tertiary alicyclic amines) is 1. The summed E-state index contributed by atoms with van der Waals surface area (Å²) in [6.07, 6.45) is 1.82. The van der Waals surface area contributed by atoms with Gasteiger partial charge >= 0.3 is 0 Å². The first-order valence-corrected chi connectivity index (χ1v) is 7.29. The molecule has 1 aliphatic heterocycles. The Balaban J connectivity index is 1.89. The van der Waals surface area contributed by atoms with Crippen molar-refractivity contribution in [2.24, 2.45) is 5.10 Å². The van der Waals surface area contributed by atoms with Crippen molar-refractivity contribution in [3.05, 3.63) is 34.9 Å². The molecule has 1 aliphatic rings. The Hall–Kier alpha value is -1.39. The zero-order chi connectivity index (χ0) is 14.5. The van der Waals surface area contributed by atoms with Gasteiger partial charge in [-0.1, -0.05) is 17.7 Å². The van der Waals surface area contributed by atoms with Crippen molar-refractivity contribution in [2.75, 3.05) is 13.1 Å². The Morgan fingerprint density at radius 1 is 1.35 bits per heavy atom. The standard InChI is InChI=1S/C15H20ClN3O/c1-11(2)19-8-6-14(7-9-19)17-18-15(20)12-4-3-5-13(16)10-12/h3-5,10-11H,6-9H2,1-2H3,(H,18,20). The molecule has 0 unspecified atom stereocenters. The molecule has 1 aromatic carbocycles. The van der Waals surface area contributed by atoms with Gasteiger partial charge in [0, 0.05) is 48.3 Å². The summed E-state index contributed by atoms with van der Waals surface area (Å²) in [5.74, 6) is -0.216. The van der Waals surface area contributed by atoms with Gasteiger partial charge in [0.05, 0.1) is 0 Å². The molecule has 2 rings (SSSR count). The Bertz CT molecular complexity index is 504. The number of hydrogen-bond donors (Lipinski definition) is 1. The molecule has 1 N–H and O–H groups in total. The number of benzene rings is 1. The van der Waals surface area contributed by atoms with Crippen LogP contribution in [0.4, 0.5) is 0 Å². The van der Waals surface area contributed by atoms with Crippen molar-refractivity contribution in [2.45, 2.75) is 32.7 Å². The minimum Gasteiger partial charge on any atom is -0.300 e. The molecule has 1 fully saturated rings. The van der Waals surface area contributed by atoms with Gasteiger partial charge in [-0.25, -0.2) is 5.43 Å². The van der Waals surface area contributed by atoms with Crippen LogP contribution >= 0.6 is 11.6 Å². The molecule has 20 heavy (non-hydrogen) atoms. The fourth-order valence-electron chi connectivity index (χ4n) is 2.23. The lowest BCUT2D eigenvalue weighted by Gasteiger charge is -2.30. The van der Waals surface area contributed by atoms with E-state index in [4.69, 9.17) is 11.6 Å². The van der Waals surface area contributed by atoms with Crippen LogP contribution in [0.1, 0.15) is 37.0 Å². The SMILES string of the molecule is CC(C)N1CCC(=NNC(=O)c2cccc(Cl)c2)CC1. The summed E-state index contributed by atoms with van der Waals surface area (Å²) in [6.45, 7) is 6.40. The van der Waals surface area contributed by atoms with Crippen molar-refractivity contribution in [3.63, 3.8) is 0 Å². The van der Waals surface area contributed by atoms with E-state index in [1.54, 1.807) is 24.3 Å². The average molecular weight is 294 g/mol. The lowest BCUT2D eigenvalue weighted by atomic mass is 10.1. The third-order valence-corrected chi connectivity index (χ3v) is 3.74. The number of amides is 1. The van der Waals surface area contributed by atoms with Crippen LogP contribution in [0.3, 0.4) is 0 Å². The zero-order valence-corrected chi connectivity index (χ0v) is 12.7. The molecule has 108 valence electrons. The molecule has 0 aliphatic carbocycles. The second-order valence-corrected chi connectivity index (χ2v) is 5.70. The summed E-state index contributed by atoms with van der Waals surface area (Å²) < 4.78 is 0. The number of nitrogens with zero attached hydrogens (tertiary/aromatic N) is 2. The van der Waals surface area contributed by atoms with E-state index >= 15 is 0 Å². The molecule has 0 aromatic heterocycles. The third kappa shape index (κ3) is 4.05. The van der Waals surface area contributed by atoms with Crippen molar-refractivity contribution >= 4 is 23.2 Å². The molecule has 1 heterocycles. The normalized spacial score (nSPS) is 16.3. The quantitative estimate of drug-likeness (QED) is 0.871. The van der Waals surface area contributed by atoms with E-state index < -0.39 is 0 Å². The molecular weight excluding hydrogens is 274 g/mol. The monoisotopic (exact) mass is 293 g/mol. The van der Waals surface area contributed by atoms with Crippen LogP contribution < -0.4 is 5.43 Å². The second kappa shape index (κ2) is 6.86. The van der Waals surface area contributed by atoms with Crippen molar-refractivity contribution < 1.29 is 4.79 Å². The highest BCUT2D eigenvalue weighted by Gasteiger charge is 2.17.